The van der Waals surface area contributed by atoms with Crippen LogP contribution in [0, 0.1) is 5.92 Å². The fourth-order valence-electron chi connectivity index (χ4n) is 2.24. The van der Waals surface area contributed by atoms with E-state index in [1.165, 1.54) is 5.57 Å². The Morgan fingerprint density at radius 1 is 1.44 bits per heavy atom. The third-order valence-corrected chi connectivity index (χ3v) is 3.39. The summed E-state index contributed by atoms with van der Waals surface area (Å²) < 4.78 is 0. The van der Waals surface area contributed by atoms with Crippen molar-refractivity contribution in [3.05, 3.63) is 36.3 Å². The van der Waals surface area contributed by atoms with Crippen LogP contribution in [0.15, 0.2) is 46.3 Å². The lowest BCUT2D eigenvalue weighted by molar-refractivity contribution is 0.493. The van der Waals surface area contributed by atoms with Gasteiger partial charge in [0.2, 0.25) is 0 Å². The number of rotatable bonds is 1. The third kappa shape index (κ3) is 1.43. The lowest BCUT2D eigenvalue weighted by Gasteiger charge is -2.37. The van der Waals surface area contributed by atoms with Crippen molar-refractivity contribution in [2.75, 3.05) is 6.54 Å². The summed E-state index contributed by atoms with van der Waals surface area (Å²) in [6, 6.07) is 0. The van der Waals surface area contributed by atoms with E-state index >= 15 is 0 Å². The molecule has 0 aromatic carbocycles. The van der Waals surface area contributed by atoms with Crippen molar-refractivity contribution in [1.82, 2.24) is 4.90 Å². The van der Waals surface area contributed by atoms with E-state index in [-0.39, 0.29) is 0 Å². The van der Waals surface area contributed by atoms with Crippen LogP contribution in [0.1, 0.15) is 12.8 Å². The van der Waals surface area contributed by atoms with Crippen LogP contribution in [0.3, 0.4) is 0 Å². The molecule has 0 unspecified atom stereocenters. The van der Waals surface area contributed by atoms with Gasteiger partial charge in [-0.05, 0) is 18.9 Å². The molecule has 4 heteroatoms. The van der Waals surface area contributed by atoms with Gasteiger partial charge >= 0.3 is 0 Å². The zero-order chi connectivity index (χ0) is 11.1. The first kappa shape index (κ1) is 9.85. The van der Waals surface area contributed by atoms with Crippen LogP contribution < -0.4 is 0 Å². The van der Waals surface area contributed by atoms with Gasteiger partial charge in [-0.25, -0.2) is 4.99 Å². The average Bonchev–Trinajstić information content (AvgIpc) is 2.25. The summed E-state index contributed by atoms with van der Waals surface area (Å²) in [7, 11) is 0. The van der Waals surface area contributed by atoms with Crippen molar-refractivity contribution >= 4 is 22.6 Å². The molecule has 1 saturated carbocycles. The lowest BCUT2D eigenvalue weighted by atomic mass is 9.79. The van der Waals surface area contributed by atoms with Gasteiger partial charge in [0, 0.05) is 18.3 Å². The van der Waals surface area contributed by atoms with Crippen molar-refractivity contribution in [1.29, 1.82) is 0 Å². The Labute approximate surface area is 99.5 Å². The van der Waals surface area contributed by atoms with E-state index < -0.39 is 0 Å². The topological polar surface area (TPSA) is 28.0 Å². The highest BCUT2D eigenvalue weighted by atomic mass is 35.5. The van der Waals surface area contributed by atoms with Gasteiger partial charge in [0.1, 0.15) is 5.84 Å². The third-order valence-electron chi connectivity index (χ3n) is 3.09. The summed E-state index contributed by atoms with van der Waals surface area (Å²) in [5.74, 6) is 1.61. The van der Waals surface area contributed by atoms with Gasteiger partial charge in [-0.2, -0.15) is 0 Å². The fourth-order valence-corrected chi connectivity index (χ4v) is 2.47. The van der Waals surface area contributed by atoms with Gasteiger partial charge in [0.15, 0.2) is 5.17 Å². The molecule has 16 heavy (non-hydrogen) atoms. The van der Waals surface area contributed by atoms with E-state index in [2.05, 4.69) is 21.5 Å². The quantitative estimate of drug-likeness (QED) is 0.640. The highest BCUT2D eigenvalue weighted by Gasteiger charge is 2.33. The number of nitrogens with zero attached hydrogens (tertiary/aromatic N) is 3. The molecular weight excluding hydrogens is 222 g/mol. The predicted molar refractivity (Wildman–Crippen MR) is 66.5 cm³/mol. The van der Waals surface area contributed by atoms with Crippen molar-refractivity contribution in [2.24, 2.45) is 15.9 Å². The van der Waals surface area contributed by atoms with E-state index in [0.29, 0.717) is 17.6 Å². The molecule has 0 spiro atoms. The van der Waals surface area contributed by atoms with Gasteiger partial charge in [-0.1, -0.05) is 23.8 Å². The fraction of sp³-hybridized carbons (Fsp3) is 0.333. The number of allylic oxidation sites excluding steroid dienone is 2. The summed E-state index contributed by atoms with van der Waals surface area (Å²) in [6.07, 6.45) is 7.74. The van der Waals surface area contributed by atoms with Crippen molar-refractivity contribution in [3.63, 3.8) is 0 Å². The van der Waals surface area contributed by atoms with Gasteiger partial charge in [-0.15, -0.1) is 0 Å². The molecule has 1 fully saturated rings. The van der Waals surface area contributed by atoms with Crippen LogP contribution in [-0.4, -0.2) is 22.5 Å². The summed E-state index contributed by atoms with van der Waals surface area (Å²) >= 11 is 6.07. The second-order valence-corrected chi connectivity index (χ2v) is 4.59. The molecule has 3 rings (SSSR count). The molecule has 0 amide bonds. The van der Waals surface area contributed by atoms with Crippen LogP contribution in [0.4, 0.5) is 0 Å². The normalized spacial score (nSPS) is 24.4. The molecule has 3 nitrogen and oxygen atoms in total. The first-order valence-electron chi connectivity index (χ1n) is 5.36. The minimum Gasteiger partial charge on any atom is -0.301 e. The first-order chi connectivity index (χ1) is 7.75. The monoisotopic (exact) mass is 233 g/mol. The Bertz CT molecular complexity index is 463. The number of amidine groups is 1. The second-order valence-electron chi connectivity index (χ2n) is 4.23. The molecule has 2 aliphatic heterocycles. The van der Waals surface area contributed by atoms with E-state index in [1.54, 1.807) is 6.20 Å². The van der Waals surface area contributed by atoms with Crippen molar-refractivity contribution in [3.8, 4) is 0 Å². The molecule has 82 valence electrons. The minimum absolute atomic E-state index is 0.503. The van der Waals surface area contributed by atoms with Crippen molar-refractivity contribution in [2.45, 2.75) is 12.8 Å². The molecule has 0 bridgehead atoms. The molecule has 2 heterocycles. The van der Waals surface area contributed by atoms with Crippen LogP contribution in [0.2, 0.25) is 0 Å². The maximum absolute atomic E-state index is 6.07. The maximum Gasteiger partial charge on any atom is 0.152 e. The minimum atomic E-state index is 0.503. The molecule has 3 aliphatic rings. The highest BCUT2D eigenvalue weighted by molar-refractivity contribution is 6.69. The SMILES string of the molecule is C=C1CC(C2=NCC=C3C(Cl)=NC=CN32)C1. The number of halogens is 1. The molecule has 0 atom stereocenters. The summed E-state index contributed by atoms with van der Waals surface area (Å²) in [6.45, 7) is 4.67. The molecule has 0 N–H and O–H groups in total. The van der Waals surface area contributed by atoms with E-state index in [0.717, 1.165) is 24.4 Å². The van der Waals surface area contributed by atoms with Gasteiger partial charge in [0.25, 0.3) is 0 Å². The number of fused-ring (bicyclic) bond motifs is 1. The largest absolute Gasteiger partial charge is 0.301 e. The van der Waals surface area contributed by atoms with Crippen molar-refractivity contribution < 1.29 is 0 Å². The zero-order valence-corrected chi connectivity index (χ0v) is 9.61. The zero-order valence-electron chi connectivity index (χ0n) is 8.86. The van der Waals surface area contributed by atoms with Crippen LogP contribution in [-0.2, 0) is 0 Å². The molecule has 0 aromatic rings. The molecule has 0 aromatic heterocycles. The van der Waals surface area contributed by atoms with E-state index in [9.17, 15) is 0 Å². The van der Waals surface area contributed by atoms with Crippen LogP contribution in [0.5, 0.6) is 0 Å². The summed E-state index contributed by atoms with van der Waals surface area (Å²) in [5, 5.41) is 0.549. The second kappa shape index (κ2) is 3.59. The van der Waals surface area contributed by atoms with Gasteiger partial charge < -0.3 is 4.90 Å². The summed E-state index contributed by atoms with van der Waals surface area (Å²) in [5.41, 5.74) is 2.27. The molecule has 1 aliphatic carbocycles. The summed E-state index contributed by atoms with van der Waals surface area (Å²) in [4.78, 5) is 10.7. The first-order valence-corrected chi connectivity index (χ1v) is 5.74. The molecular formula is C12H12ClN3. The molecule has 0 saturated heterocycles. The highest BCUT2D eigenvalue weighted by Crippen LogP contribution is 2.36. The molecule has 0 radical (unpaired) electrons. The standard InChI is InChI=1S/C12H12ClN3/c1-8-6-9(7-8)12-15-3-2-10-11(13)14-4-5-16(10)12/h2,4-5,9H,1,3,6-7H2. The Morgan fingerprint density at radius 3 is 3.00 bits per heavy atom. The predicted octanol–water partition coefficient (Wildman–Crippen LogP) is 2.67. The van der Waals surface area contributed by atoms with E-state index in [4.69, 9.17) is 11.6 Å². The number of aliphatic imine (C=N–C) groups is 2. The Kier molecular flexibility index (Phi) is 2.21. The average molecular weight is 234 g/mol. The Hall–Kier alpha value is -1.35. The van der Waals surface area contributed by atoms with Gasteiger partial charge in [0.05, 0.1) is 12.2 Å². The Balaban J connectivity index is 1.87. The number of hydrogen-bond donors (Lipinski definition) is 0. The maximum atomic E-state index is 6.07. The lowest BCUT2D eigenvalue weighted by Crippen LogP contribution is -2.40. The number of hydrogen-bond acceptors (Lipinski definition) is 3. The smallest absolute Gasteiger partial charge is 0.152 e. The van der Waals surface area contributed by atoms with Gasteiger partial charge in [-0.3, -0.25) is 4.99 Å². The van der Waals surface area contributed by atoms with E-state index in [1.807, 2.05) is 12.3 Å². The Morgan fingerprint density at radius 2 is 2.25 bits per heavy atom. The van der Waals surface area contributed by atoms with Crippen LogP contribution in [0.25, 0.3) is 0 Å². The van der Waals surface area contributed by atoms with Crippen LogP contribution >= 0.6 is 11.6 Å².